The average molecular weight is 460 g/mol. The van der Waals surface area contributed by atoms with Crippen LogP contribution in [0.3, 0.4) is 0 Å². The Morgan fingerprint density at radius 1 is 1.24 bits per heavy atom. The number of nitrogens with zero attached hydrogens (tertiary/aromatic N) is 3. The summed E-state index contributed by atoms with van der Waals surface area (Å²) in [6.45, 7) is 5.93. The van der Waals surface area contributed by atoms with E-state index in [1.165, 1.54) is 4.52 Å². The van der Waals surface area contributed by atoms with Gasteiger partial charge in [-0.05, 0) is 56.2 Å². The molecule has 8 heteroatoms. The zero-order chi connectivity index (χ0) is 24.0. The molecule has 0 bridgehead atoms. The largest absolute Gasteiger partial charge is 0.393 e. The molecule has 3 N–H and O–H groups in total. The number of aryl methyl sites for hydroxylation is 1. The first kappa shape index (κ1) is 22.3. The summed E-state index contributed by atoms with van der Waals surface area (Å²) >= 11 is 0. The number of aliphatic hydroxyl groups excluding tert-OH is 1. The molecule has 0 saturated heterocycles. The van der Waals surface area contributed by atoms with Crippen LogP contribution < -0.4 is 10.9 Å². The van der Waals surface area contributed by atoms with E-state index in [2.05, 4.69) is 20.4 Å². The van der Waals surface area contributed by atoms with Crippen LogP contribution in [0.1, 0.15) is 67.1 Å². The van der Waals surface area contributed by atoms with Crippen LogP contribution in [0.2, 0.25) is 0 Å². The molecule has 0 spiro atoms. The molecule has 8 nitrogen and oxygen atoms in total. The zero-order valence-electron chi connectivity index (χ0n) is 19.6. The molecule has 0 radical (unpaired) electrons. The number of hydrogen-bond donors (Lipinski definition) is 3. The van der Waals surface area contributed by atoms with Crippen LogP contribution in [-0.2, 0) is 0 Å². The predicted molar refractivity (Wildman–Crippen MR) is 131 cm³/mol. The predicted octanol–water partition coefficient (Wildman–Crippen LogP) is 3.70. The van der Waals surface area contributed by atoms with Crippen LogP contribution >= 0.6 is 0 Å². The maximum Gasteiger partial charge on any atom is 0.274 e. The van der Waals surface area contributed by atoms with E-state index in [4.69, 9.17) is 0 Å². The number of hydrogen-bond acceptors (Lipinski definition) is 5. The Morgan fingerprint density at radius 2 is 2.00 bits per heavy atom. The highest BCUT2D eigenvalue weighted by molar-refractivity contribution is 5.96. The number of carbonyl (C=O) groups excluding carboxylic acids is 1. The fraction of sp³-hybridized carbons (Fsp3) is 0.385. The fourth-order valence-corrected chi connectivity index (χ4v) is 4.88. The number of H-pyrrole nitrogens is 1. The van der Waals surface area contributed by atoms with Gasteiger partial charge in [-0.2, -0.15) is 5.10 Å². The molecular weight excluding hydrogens is 430 g/mol. The van der Waals surface area contributed by atoms with E-state index in [1.807, 2.05) is 45.0 Å². The van der Waals surface area contributed by atoms with Crippen molar-refractivity contribution in [2.75, 3.05) is 0 Å². The number of aliphatic hydroxyl groups is 1. The minimum absolute atomic E-state index is 0.00137. The number of rotatable bonds is 4. The van der Waals surface area contributed by atoms with Crippen LogP contribution in [0.15, 0.2) is 41.5 Å². The lowest BCUT2D eigenvalue weighted by Crippen LogP contribution is -2.39. The summed E-state index contributed by atoms with van der Waals surface area (Å²) in [4.78, 5) is 33.9. The van der Waals surface area contributed by atoms with Gasteiger partial charge in [0, 0.05) is 28.8 Å². The molecule has 0 unspecified atom stereocenters. The smallest absolute Gasteiger partial charge is 0.274 e. The number of fused-ring (bicyclic) bond motifs is 2. The van der Waals surface area contributed by atoms with Gasteiger partial charge in [0.05, 0.1) is 23.5 Å². The van der Waals surface area contributed by atoms with Crippen molar-refractivity contribution >= 4 is 22.3 Å². The van der Waals surface area contributed by atoms with Gasteiger partial charge in [-0.1, -0.05) is 26.0 Å². The van der Waals surface area contributed by atoms with Crippen LogP contribution in [-0.4, -0.2) is 42.7 Å². The molecule has 0 atom stereocenters. The highest BCUT2D eigenvalue weighted by atomic mass is 16.3. The summed E-state index contributed by atoms with van der Waals surface area (Å²) in [7, 11) is 0. The first-order chi connectivity index (χ1) is 16.3. The fourth-order valence-electron chi connectivity index (χ4n) is 4.88. The minimum Gasteiger partial charge on any atom is -0.393 e. The van der Waals surface area contributed by atoms with E-state index in [-0.39, 0.29) is 35.2 Å². The lowest BCUT2D eigenvalue weighted by atomic mass is 9.93. The third kappa shape index (κ3) is 3.98. The lowest BCUT2D eigenvalue weighted by Gasteiger charge is -2.26. The van der Waals surface area contributed by atoms with Crippen molar-refractivity contribution in [1.82, 2.24) is 24.9 Å². The van der Waals surface area contributed by atoms with E-state index in [9.17, 15) is 14.7 Å². The normalized spacial score (nSPS) is 18.6. The van der Waals surface area contributed by atoms with Gasteiger partial charge in [-0.15, -0.1) is 0 Å². The minimum atomic E-state index is -0.293. The number of aromatic nitrogens is 4. The summed E-state index contributed by atoms with van der Waals surface area (Å²) in [5, 5.41) is 18.4. The Hall–Kier alpha value is -3.52. The molecule has 34 heavy (non-hydrogen) atoms. The highest BCUT2D eigenvalue weighted by Crippen LogP contribution is 2.27. The van der Waals surface area contributed by atoms with Crippen molar-refractivity contribution in [3.05, 3.63) is 63.8 Å². The van der Waals surface area contributed by atoms with Crippen molar-refractivity contribution in [1.29, 1.82) is 0 Å². The van der Waals surface area contributed by atoms with Gasteiger partial charge in [-0.25, -0.2) is 4.52 Å². The highest BCUT2D eigenvalue weighted by Gasteiger charge is 2.27. The van der Waals surface area contributed by atoms with E-state index >= 15 is 0 Å². The van der Waals surface area contributed by atoms with Gasteiger partial charge in [-0.3, -0.25) is 14.6 Å². The summed E-state index contributed by atoms with van der Waals surface area (Å²) in [5.41, 5.74) is 4.35. The molecular formula is C26H29N5O3. The van der Waals surface area contributed by atoms with Gasteiger partial charge in [0.25, 0.3) is 11.5 Å². The molecule has 176 valence electrons. The molecule has 1 aliphatic rings. The van der Waals surface area contributed by atoms with Gasteiger partial charge < -0.3 is 15.4 Å². The second-order valence-electron chi connectivity index (χ2n) is 9.55. The van der Waals surface area contributed by atoms with Gasteiger partial charge in [0.15, 0.2) is 5.69 Å². The Bertz CT molecular complexity index is 1440. The van der Waals surface area contributed by atoms with Crippen molar-refractivity contribution in [2.24, 2.45) is 0 Å². The SMILES string of the molecule is Cc1cccc2ncc(-c3cn4nc(C(=O)NC5CCC(O)CC5)c(C(C)C)c4c(=O)[nH]3)cc12. The zero-order valence-corrected chi connectivity index (χ0v) is 19.6. The summed E-state index contributed by atoms with van der Waals surface area (Å²) in [5.74, 6) is -0.346. The third-order valence-electron chi connectivity index (χ3n) is 6.74. The first-order valence-electron chi connectivity index (χ1n) is 11.8. The van der Waals surface area contributed by atoms with E-state index < -0.39 is 0 Å². The van der Waals surface area contributed by atoms with E-state index in [0.29, 0.717) is 29.6 Å². The van der Waals surface area contributed by atoms with Gasteiger partial charge in [0.2, 0.25) is 0 Å². The summed E-state index contributed by atoms with van der Waals surface area (Å²) < 4.78 is 1.52. The number of aromatic amines is 1. The Balaban J connectivity index is 1.56. The molecule has 3 aromatic heterocycles. The molecule has 0 aliphatic heterocycles. The maximum absolute atomic E-state index is 13.2. The van der Waals surface area contributed by atoms with Crippen LogP contribution in [0.5, 0.6) is 0 Å². The maximum atomic E-state index is 13.2. The Kier molecular flexibility index (Phi) is 5.69. The second-order valence-corrected chi connectivity index (χ2v) is 9.55. The van der Waals surface area contributed by atoms with Crippen LogP contribution in [0.4, 0.5) is 0 Å². The average Bonchev–Trinajstić information content (AvgIpc) is 3.21. The Labute approximate surface area is 197 Å². The number of carbonyl (C=O) groups is 1. The Morgan fingerprint density at radius 3 is 2.74 bits per heavy atom. The van der Waals surface area contributed by atoms with E-state index in [0.717, 1.165) is 34.9 Å². The number of nitrogens with one attached hydrogen (secondary N) is 2. The monoisotopic (exact) mass is 459 g/mol. The lowest BCUT2D eigenvalue weighted by molar-refractivity contribution is 0.0862. The molecule has 5 rings (SSSR count). The molecule has 4 aromatic rings. The van der Waals surface area contributed by atoms with Gasteiger partial charge >= 0.3 is 0 Å². The van der Waals surface area contributed by atoms with Crippen LogP contribution in [0.25, 0.3) is 27.7 Å². The summed E-state index contributed by atoms with van der Waals surface area (Å²) in [6.07, 6.45) is 6.01. The quantitative estimate of drug-likeness (QED) is 0.431. The molecule has 1 saturated carbocycles. The number of pyridine rings is 1. The van der Waals surface area contributed by atoms with Gasteiger partial charge in [0.1, 0.15) is 5.52 Å². The molecule has 1 aromatic carbocycles. The molecule has 3 heterocycles. The first-order valence-corrected chi connectivity index (χ1v) is 11.8. The van der Waals surface area contributed by atoms with E-state index in [1.54, 1.807) is 12.4 Å². The third-order valence-corrected chi connectivity index (χ3v) is 6.74. The van der Waals surface area contributed by atoms with Crippen molar-refractivity contribution in [3.8, 4) is 11.3 Å². The summed E-state index contributed by atoms with van der Waals surface area (Å²) in [6, 6.07) is 7.96. The number of benzene rings is 1. The molecule has 1 aliphatic carbocycles. The van der Waals surface area contributed by atoms with Crippen molar-refractivity contribution < 1.29 is 9.90 Å². The molecule has 1 fully saturated rings. The van der Waals surface area contributed by atoms with Crippen LogP contribution in [0, 0.1) is 6.92 Å². The second kappa shape index (κ2) is 8.68. The molecule has 1 amide bonds. The van der Waals surface area contributed by atoms with Crippen molar-refractivity contribution in [3.63, 3.8) is 0 Å². The number of amides is 1. The topological polar surface area (TPSA) is 112 Å². The van der Waals surface area contributed by atoms with Crippen molar-refractivity contribution in [2.45, 2.75) is 64.5 Å². The standard InChI is InChI=1S/C26H29N5O3/c1-14(2)22-23(25(33)28-17-7-9-18(32)10-8-17)30-31-13-21(29-26(34)24(22)31)16-11-19-15(3)5-4-6-20(19)27-12-16/h4-6,11-14,17-18,32H,7-10H2,1-3H3,(H,28,33)(H,29,34).